The quantitative estimate of drug-likeness (QED) is 0.0907. The number of guanidine groups is 1. The number of unbranched alkanes of at least 4 members (excludes halogenated alkanes) is 1. The molecule has 0 unspecified atom stereocenters. The molecule has 1 aromatic rings. The number of nitrogens with zero attached hydrogens (tertiary/aromatic N) is 2. The van der Waals surface area contributed by atoms with Gasteiger partial charge in [-0.1, -0.05) is 13.3 Å². The summed E-state index contributed by atoms with van der Waals surface area (Å²) in [5.74, 6) is -2.79. The SMILES string of the molecule is CCCCNC(=O)[C@H](CC(=O)O)NC(=O)Cc1csc(NC(=O)[C@@H](N)CCCN=C(N)N)n1. The number of hydrogen-bond acceptors (Lipinski definition) is 8. The first-order valence-corrected chi connectivity index (χ1v) is 11.3. The molecule has 0 fully saturated rings. The molecule has 10 N–H and O–H groups in total. The first-order chi connectivity index (χ1) is 15.6. The van der Waals surface area contributed by atoms with Gasteiger partial charge < -0.3 is 38.3 Å². The van der Waals surface area contributed by atoms with Gasteiger partial charge in [0.15, 0.2) is 11.1 Å². The van der Waals surface area contributed by atoms with Crippen molar-refractivity contribution in [2.45, 2.75) is 57.5 Å². The number of thiazole rings is 1. The number of carboxylic acid groups (broad SMARTS) is 1. The summed E-state index contributed by atoms with van der Waals surface area (Å²) in [6.07, 6.45) is 1.78. The van der Waals surface area contributed by atoms with E-state index in [2.05, 4.69) is 25.9 Å². The van der Waals surface area contributed by atoms with Crippen molar-refractivity contribution in [1.82, 2.24) is 15.6 Å². The number of carbonyl (C=O) groups is 4. The van der Waals surface area contributed by atoms with E-state index in [-0.39, 0.29) is 17.5 Å². The van der Waals surface area contributed by atoms with Crippen LogP contribution in [0.5, 0.6) is 0 Å². The highest BCUT2D eigenvalue weighted by atomic mass is 32.1. The maximum Gasteiger partial charge on any atom is 0.305 e. The lowest BCUT2D eigenvalue weighted by atomic mass is 10.1. The second kappa shape index (κ2) is 14.7. The van der Waals surface area contributed by atoms with Crippen LogP contribution < -0.4 is 33.2 Å². The van der Waals surface area contributed by atoms with Crippen LogP contribution in [0.2, 0.25) is 0 Å². The molecule has 2 atom stereocenters. The van der Waals surface area contributed by atoms with E-state index in [1.54, 1.807) is 5.38 Å². The highest BCUT2D eigenvalue weighted by Gasteiger charge is 2.24. The lowest BCUT2D eigenvalue weighted by molar-refractivity contribution is -0.140. The molecule has 184 valence electrons. The molecular weight excluding hydrogens is 452 g/mol. The highest BCUT2D eigenvalue weighted by molar-refractivity contribution is 7.13. The van der Waals surface area contributed by atoms with E-state index >= 15 is 0 Å². The lowest BCUT2D eigenvalue weighted by Crippen LogP contribution is -2.48. The van der Waals surface area contributed by atoms with Crippen LogP contribution >= 0.6 is 11.3 Å². The summed E-state index contributed by atoms with van der Waals surface area (Å²) >= 11 is 1.11. The Labute approximate surface area is 195 Å². The van der Waals surface area contributed by atoms with Gasteiger partial charge in [-0.25, -0.2) is 4.98 Å². The predicted octanol–water partition coefficient (Wildman–Crippen LogP) is -1.12. The van der Waals surface area contributed by atoms with Gasteiger partial charge in [-0.05, 0) is 19.3 Å². The number of hydrogen-bond donors (Lipinski definition) is 7. The van der Waals surface area contributed by atoms with E-state index in [1.165, 1.54) is 0 Å². The predicted molar refractivity (Wildman–Crippen MR) is 124 cm³/mol. The molecule has 1 heterocycles. The van der Waals surface area contributed by atoms with Crippen molar-refractivity contribution in [3.05, 3.63) is 11.1 Å². The molecule has 0 radical (unpaired) electrons. The van der Waals surface area contributed by atoms with Crippen molar-refractivity contribution < 1.29 is 24.3 Å². The maximum absolute atomic E-state index is 12.3. The van der Waals surface area contributed by atoms with Gasteiger partial charge in [0, 0.05) is 18.5 Å². The summed E-state index contributed by atoms with van der Waals surface area (Å²) < 4.78 is 0. The van der Waals surface area contributed by atoms with E-state index in [0.29, 0.717) is 31.6 Å². The Balaban J connectivity index is 2.56. The molecule has 13 nitrogen and oxygen atoms in total. The second-order valence-corrected chi connectivity index (χ2v) is 8.09. The highest BCUT2D eigenvalue weighted by Crippen LogP contribution is 2.16. The average molecular weight is 485 g/mol. The summed E-state index contributed by atoms with van der Waals surface area (Å²) in [5.41, 5.74) is 16.7. The number of nitrogens with two attached hydrogens (primary N) is 3. The Morgan fingerprint density at radius 3 is 2.58 bits per heavy atom. The van der Waals surface area contributed by atoms with Gasteiger partial charge in [0.2, 0.25) is 17.7 Å². The van der Waals surface area contributed by atoms with E-state index in [0.717, 1.165) is 24.2 Å². The van der Waals surface area contributed by atoms with Gasteiger partial charge in [0.05, 0.1) is 24.6 Å². The maximum atomic E-state index is 12.3. The molecule has 0 saturated heterocycles. The first kappa shape index (κ1) is 27.8. The van der Waals surface area contributed by atoms with Crippen molar-refractivity contribution in [3.8, 4) is 0 Å². The average Bonchev–Trinajstić information content (AvgIpc) is 3.16. The van der Waals surface area contributed by atoms with Crippen LogP contribution in [-0.4, -0.2) is 64.9 Å². The molecular formula is C19H32N8O5S. The molecule has 0 aliphatic heterocycles. The van der Waals surface area contributed by atoms with Gasteiger partial charge in [-0.15, -0.1) is 11.3 Å². The Bertz CT molecular complexity index is 840. The fourth-order valence-electron chi connectivity index (χ4n) is 2.60. The minimum absolute atomic E-state index is 0.0289. The van der Waals surface area contributed by atoms with Crippen molar-refractivity contribution in [2.75, 3.05) is 18.4 Å². The topological polar surface area (TPSA) is 228 Å². The number of aliphatic carboxylic acids is 1. The number of carbonyl (C=O) groups excluding carboxylic acids is 3. The van der Waals surface area contributed by atoms with Crippen LogP contribution in [0.3, 0.4) is 0 Å². The minimum Gasteiger partial charge on any atom is -0.481 e. The standard InChI is InChI=1S/C19H32N8O5S/c1-2-3-6-23-17(32)13(9-15(29)30)26-14(28)8-11-10-33-19(25-11)27-16(31)12(20)5-4-7-24-18(21)22/h10,12-13H,2-9,20H2,1H3,(H,23,32)(H,26,28)(H,29,30)(H4,21,22,24)(H,25,27,31)/t12-,13-/m0/s1. The Kier molecular flexibility index (Phi) is 12.4. The third-order valence-electron chi connectivity index (χ3n) is 4.29. The summed E-state index contributed by atoms with van der Waals surface area (Å²) in [7, 11) is 0. The summed E-state index contributed by atoms with van der Waals surface area (Å²) in [6.45, 7) is 2.71. The molecule has 1 aromatic heterocycles. The monoisotopic (exact) mass is 484 g/mol. The van der Waals surface area contributed by atoms with Gasteiger partial charge in [0.1, 0.15) is 6.04 Å². The Hall–Kier alpha value is -3.26. The number of rotatable bonds is 15. The van der Waals surface area contributed by atoms with E-state index < -0.39 is 42.2 Å². The molecule has 0 aliphatic rings. The van der Waals surface area contributed by atoms with Crippen LogP contribution in [0, 0.1) is 0 Å². The first-order valence-electron chi connectivity index (χ1n) is 10.5. The van der Waals surface area contributed by atoms with Crippen molar-refractivity contribution in [3.63, 3.8) is 0 Å². The summed E-state index contributed by atoms with van der Waals surface area (Å²) in [5, 5.41) is 18.5. The Morgan fingerprint density at radius 1 is 1.21 bits per heavy atom. The van der Waals surface area contributed by atoms with Gasteiger partial charge in [0.25, 0.3) is 0 Å². The minimum atomic E-state index is -1.21. The molecule has 3 amide bonds. The second-order valence-electron chi connectivity index (χ2n) is 7.23. The lowest BCUT2D eigenvalue weighted by Gasteiger charge is -2.16. The summed E-state index contributed by atoms with van der Waals surface area (Å²) in [4.78, 5) is 55.7. The molecule has 0 spiro atoms. The number of anilines is 1. The fraction of sp³-hybridized carbons (Fsp3) is 0.579. The summed E-state index contributed by atoms with van der Waals surface area (Å²) in [6, 6.07) is -1.97. The van der Waals surface area contributed by atoms with Gasteiger partial charge in [-0.2, -0.15) is 0 Å². The fourth-order valence-corrected chi connectivity index (χ4v) is 3.31. The molecule has 0 saturated carbocycles. The number of nitrogens with one attached hydrogen (secondary N) is 3. The van der Waals surface area contributed by atoms with E-state index in [9.17, 15) is 19.2 Å². The van der Waals surface area contributed by atoms with Crippen molar-refractivity contribution in [2.24, 2.45) is 22.2 Å². The van der Waals surface area contributed by atoms with Crippen molar-refractivity contribution >= 4 is 46.1 Å². The number of aromatic nitrogens is 1. The van der Waals surface area contributed by atoms with E-state index in [4.69, 9.17) is 22.3 Å². The number of amides is 3. The van der Waals surface area contributed by atoms with Crippen LogP contribution in [0.4, 0.5) is 5.13 Å². The largest absolute Gasteiger partial charge is 0.481 e. The third-order valence-corrected chi connectivity index (χ3v) is 5.09. The molecule has 14 heteroatoms. The van der Waals surface area contributed by atoms with E-state index in [1.807, 2.05) is 6.92 Å². The Morgan fingerprint density at radius 2 is 1.94 bits per heavy atom. The molecule has 33 heavy (non-hydrogen) atoms. The van der Waals surface area contributed by atoms with Gasteiger partial charge >= 0.3 is 5.97 Å². The molecule has 0 aliphatic carbocycles. The van der Waals surface area contributed by atoms with Crippen LogP contribution in [0.1, 0.15) is 44.7 Å². The van der Waals surface area contributed by atoms with Gasteiger partial charge in [-0.3, -0.25) is 24.2 Å². The smallest absolute Gasteiger partial charge is 0.305 e. The van der Waals surface area contributed by atoms with Crippen LogP contribution in [0.15, 0.2) is 10.4 Å². The molecule has 0 bridgehead atoms. The zero-order valence-corrected chi connectivity index (χ0v) is 19.3. The molecule has 0 aromatic carbocycles. The zero-order chi connectivity index (χ0) is 24.8. The normalized spacial score (nSPS) is 12.3. The molecule has 1 rings (SSSR count). The van der Waals surface area contributed by atoms with Crippen molar-refractivity contribution in [1.29, 1.82) is 0 Å². The zero-order valence-electron chi connectivity index (χ0n) is 18.5. The third kappa shape index (κ3) is 11.8. The van der Waals surface area contributed by atoms with Crippen LogP contribution in [-0.2, 0) is 25.6 Å². The number of aliphatic imine (C=N–C) groups is 1. The number of carboxylic acids is 1. The van der Waals surface area contributed by atoms with Crippen LogP contribution in [0.25, 0.3) is 0 Å².